The fourth-order valence-electron chi connectivity index (χ4n) is 3.41. The van der Waals surface area contributed by atoms with E-state index in [0.717, 1.165) is 24.8 Å². The van der Waals surface area contributed by atoms with Crippen LogP contribution in [-0.4, -0.2) is 33.7 Å². The summed E-state index contributed by atoms with van der Waals surface area (Å²) in [6.07, 6.45) is 3.23. The van der Waals surface area contributed by atoms with Gasteiger partial charge in [0.25, 0.3) is 5.91 Å². The van der Waals surface area contributed by atoms with Crippen LogP contribution >= 0.6 is 0 Å². The third-order valence-electron chi connectivity index (χ3n) is 5.18. The minimum Gasteiger partial charge on any atom is -0.492 e. The highest BCUT2D eigenvalue weighted by Crippen LogP contribution is 2.21. The molecule has 0 heterocycles. The summed E-state index contributed by atoms with van der Waals surface area (Å²) < 4.78 is 44.7. The number of carbonyl (C=O) groups is 1. The van der Waals surface area contributed by atoms with E-state index in [1.165, 1.54) is 34.1 Å². The molecule has 3 aromatic rings. The Morgan fingerprint density at radius 3 is 2.15 bits per heavy atom. The smallest absolute Gasteiger partial charge is 0.251 e. The number of ether oxygens (including phenoxy) is 1. The van der Waals surface area contributed by atoms with Gasteiger partial charge in [-0.05, 0) is 66.1 Å². The van der Waals surface area contributed by atoms with Gasteiger partial charge in [-0.25, -0.2) is 12.8 Å². The number of benzene rings is 3. The maximum Gasteiger partial charge on any atom is 0.251 e. The number of sulfonamides is 1. The molecule has 6 nitrogen and oxygen atoms in total. The highest BCUT2D eigenvalue weighted by molar-refractivity contribution is 7.92. The van der Waals surface area contributed by atoms with E-state index in [2.05, 4.69) is 12.2 Å². The number of hydrogen-bond donors (Lipinski definition) is 1. The summed E-state index contributed by atoms with van der Waals surface area (Å²) in [5.41, 5.74) is 2.73. The average molecular weight is 485 g/mol. The zero-order valence-electron chi connectivity index (χ0n) is 19.3. The van der Waals surface area contributed by atoms with E-state index in [1.54, 1.807) is 24.3 Å². The molecule has 1 amide bonds. The Labute approximate surface area is 200 Å². The lowest BCUT2D eigenvalue weighted by molar-refractivity contribution is 0.0947. The van der Waals surface area contributed by atoms with Crippen LogP contribution in [0.2, 0.25) is 0 Å². The lowest BCUT2D eigenvalue weighted by atomic mass is 10.1. The Bertz CT molecular complexity index is 1180. The summed E-state index contributed by atoms with van der Waals surface area (Å²) in [4.78, 5) is 12.4. The van der Waals surface area contributed by atoms with E-state index in [9.17, 15) is 17.6 Å². The number of nitrogens with zero attached hydrogens (tertiary/aromatic N) is 1. The molecule has 0 aromatic heterocycles. The molecular weight excluding hydrogens is 455 g/mol. The summed E-state index contributed by atoms with van der Waals surface area (Å²) in [7, 11) is -3.59. The van der Waals surface area contributed by atoms with Gasteiger partial charge in [0.2, 0.25) is 10.0 Å². The summed E-state index contributed by atoms with van der Waals surface area (Å²) in [6, 6.07) is 19.9. The first-order chi connectivity index (χ1) is 16.3. The number of halogens is 1. The molecule has 0 unspecified atom stereocenters. The number of amides is 1. The molecule has 0 saturated heterocycles. The van der Waals surface area contributed by atoms with Crippen molar-refractivity contribution in [3.05, 3.63) is 95.3 Å². The molecule has 0 aliphatic heterocycles. The second kappa shape index (κ2) is 11.7. The number of rotatable bonds is 11. The van der Waals surface area contributed by atoms with Crippen LogP contribution in [0.3, 0.4) is 0 Å². The van der Waals surface area contributed by atoms with Gasteiger partial charge in [-0.15, -0.1) is 0 Å². The quantitative estimate of drug-likeness (QED) is 0.405. The molecule has 0 atom stereocenters. The zero-order valence-corrected chi connectivity index (χ0v) is 20.1. The Hall–Kier alpha value is -3.39. The van der Waals surface area contributed by atoms with Crippen LogP contribution in [0.4, 0.5) is 10.1 Å². The fourth-order valence-corrected chi connectivity index (χ4v) is 4.30. The number of anilines is 1. The molecule has 0 fully saturated rings. The lowest BCUT2D eigenvalue weighted by Crippen LogP contribution is -2.30. The molecule has 8 heteroatoms. The molecule has 1 N–H and O–H groups in total. The molecule has 34 heavy (non-hydrogen) atoms. The number of aryl methyl sites for hydroxylation is 1. The largest absolute Gasteiger partial charge is 0.492 e. The van der Waals surface area contributed by atoms with Crippen LogP contribution in [-0.2, 0) is 23.0 Å². The van der Waals surface area contributed by atoms with Crippen LogP contribution < -0.4 is 14.4 Å². The minimum absolute atomic E-state index is 0.0570. The third kappa shape index (κ3) is 7.31. The Balaban J connectivity index is 1.55. The van der Waals surface area contributed by atoms with Crippen LogP contribution in [0.25, 0.3) is 0 Å². The van der Waals surface area contributed by atoms with Gasteiger partial charge in [0, 0.05) is 5.56 Å². The lowest BCUT2D eigenvalue weighted by Gasteiger charge is -2.22. The first kappa shape index (κ1) is 25.2. The van der Waals surface area contributed by atoms with Gasteiger partial charge in [-0.2, -0.15) is 0 Å². The van der Waals surface area contributed by atoms with Gasteiger partial charge in [-0.1, -0.05) is 37.6 Å². The van der Waals surface area contributed by atoms with Crippen molar-refractivity contribution in [3.63, 3.8) is 0 Å². The van der Waals surface area contributed by atoms with Gasteiger partial charge < -0.3 is 10.1 Å². The Kier molecular flexibility index (Phi) is 8.65. The third-order valence-corrected chi connectivity index (χ3v) is 6.32. The predicted molar refractivity (Wildman–Crippen MR) is 132 cm³/mol. The van der Waals surface area contributed by atoms with Crippen LogP contribution in [0.15, 0.2) is 72.8 Å². The Morgan fingerprint density at radius 2 is 1.56 bits per heavy atom. The van der Waals surface area contributed by atoms with Crippen molar-refractivity contribution in [3.8, 4) is 5.75 Å². The molecule has 0 aliphatic rings. The molecule has 0 radical (unpaired) electrons. The van der Waals surface area contributed by atoms with Crippen molar-refractivity contribution in [1.29, 1.82) is 0 Å². The summed E-state index contributed by atoms with van der Waals surface area (Å²) in [6.45, 7) is 2.85. The highest BCUT2D eigenvalue weighted by Gasteiger charge is 2.18. The van der Waals surface area contributed by atoms with Crippen LogP contribution in [0.1, 0.15) is 34.8 Å². The van der Waals surface area contributed by atoms with Crippen molar-refractivity contribution in [2.24, 2.45) is 0 Å². The molecule has 3 aromatic carbocycles. The standard InChI is InChI=1S/C26H29FN2O4S/c1-3-4-20-7-15-25(16-8-20)33-18-17-28-26(30)22-9-13-24(14-10-22)29(34(2,31)32)19-21-5-11-23(27)12-6-21/h5-16H,3-4,17-19H2,1-2H3,(H,28,30). The molecule has 3 rings (SSSR count). The van der Waals surface area contributed by atoms with Crippen molar-refractivity contribution in [1.82, 2.24) is 5.32 Å². The zero-order chi connectivity index (χ0) is 24.6. The molecular formula is C26H29FN2O4S. The number of hydrogen-bond acceptors (Lipinski definition) is 4. The predicted octanol–water partition coefficient (Wildman–Crippen LogP) is 4.55. The molecule has 0 spiro atoms. The van der Waals surface area contributed by atoms with E-state index in [4.69, 9.17) is 4.74 Å². The fraction of sp³-hybridized carbons (Fsp3) is 0.269. The maximum atomic E-state index is 13.2. The van der Waals surface area contributed by atoms with Gasteiger partial charge in [-0.3, -0.25) is 9.10 Å². The second-order valence-electron chi connectivity index (χ2n) is 7.94. The van der Waals surface area contributed by atoms with Crippen molar-refractivity contribution < 1.29 is 22.3 Å². The van der Waals surface area contributed by atoms with Crippen molar-refractivity contribution in [2.45, 2.75) is 26.3 Å². The molecule has 0 aliphatic carbocycles. The van der Waals surface area contributed by atoms with E-state index >= 15 is 0 Å². The van der Waals surface area contributed by atoms with E-state index < -0.39 is 10.0 Å². The SMILES string of the molecule is CCCc1ccc(OCCNC(=O)c2ccc(N(Cc3ccc(F)cc3)S(C)(=O)=O)cc2)cc1. The van der Waals surface area contributed by atoms with E-state index in [-0.39, 0.29) is 18.3 Å². The van der Waals surface area contributed by atoms with Crippen molar-refractivity contribution >= 4 is 21.6 Å². The van der Waals surface area contributed by atoms with E-state index in [0.29, 0.717) is 30.0 Å². The molecule has 180 valence electrons. The first-order valence-corrected chi connectivity index (χ1v) is 12.9. The summed E-state index contributed by atoms with van der Waals surface area (Å²) >= 11 is 0. The monoisotopic (exact) mass is 484 g/mol. The highest BCUT2D eigenvalue weighted by atomic mass is 32.2. The van der Waals surface area contributed by atoms with Gasteiger partial charge >= 0.3 is 0 Å². The van der Waals surface area contributed by atoms with Crippen LogP contribution in [0, 0.1) is 5.82 Å². The van der Waals surface area contributed by atoms with Crippen LogP contribution in [0.5, 0.6) is 5.75 Å². The average Bonchev–Trinajstić information content (AvgIpc) is 2.82. The normalized spacial score (nSPS) is 11.1. The number of nitrogens with one attached hydrogen (secondary N) is 1. The topological polar surface area (TPSA) is 75.7 Å². The molecule has 0 bridgehead atoms. The maximum absolute atomic E-state index is 13.2. The Morgan fingerprint density at radius 1 is 0.941 bits per heavy atom. The van der Waals surface area contributed by atoms with Gasteiger partial charge in [0.15, 0.2) is 0 Å². The van der Waals surface area contributed by atoms with E-state index in [1.807, 2.05) is 24.3 Å². The summed E-state index contributed by atoms with van der Waals surface area (Å²) in [5, 5.41) is 2.79. The second-order valence-corrected chi connectivity index (χ2v) is 9.85. The minimum atomic E-state index is -3.59. The summed E-state index contributed by atoms with van der Waals surface area (Å²) in [5.74, 6) is 0.0821. The number of carbonyl (C=O) groups excluding carboxylic acids is 1. The molecule has 0 saturated carbocycles. The first-order valence-electron chi connectivity index (χ1n) is 11.1. The van der Waals surface area contributed by atoms with Gasteiger partial charge in [0.1, 0.15) is 18.2 Å². The van der Waals surface area contributed by atoms with Gasteiger partial charge in [0.05, 0.1) is 25.0 Å². The van der Waals surface area contributed by atoms with Crippen molar-refractivity contribution in [2.75, 3.05) is 23.7 Å².